The van der Waals surface area contributed by atoms with Crippen molar-refractivity contribution >= 4 is 6.09 Å². The third kappa shape index (κ3) is 6.69. The summed E-state index contributed by atoms with van der Waals surface area (Å²) in [7, 11) is 0. The number of amides is 1. The monoisotopic (exact) mass is 405 g/mol. The zero-order valence-electron chi connectivity index (χ0n) is 17.6. The molecule has 2 aliphatic rings. The Bertz CT molecular complexity index is 629. The average molecular weight is 406 g/mol. The number of benzene rings is 1. The van der Waals surface area contributed by atoms with Crippen LogP contribution in [0.15, 0.2) is 30.3 Å². The fourth-order valence-electron chi connectivity index (χ4n) is 4.31. The van der Waals surface area contributed by atoms with Crippen LogP contribution in [0.2, 0.25) is 0 Å². The Morgan fingerprint density at radius 1 is 1.21 bits per heavy atom. The quantitative estimate of drug-likeness (QED) is 0.679. The summed E-state index contributed by atoms with van der Waals surface area (Å²) in [5.41, 5.74) is 0.495. The second kappa shape index (κ2) is 10.4. The minimum Gasteiger partial charge on any atom is -0.445 e. The lowest BCUT2D eigenvalue weighted by atomic mass is 9.82. The Morgan fingerprint density at radius 3 is 2.59 bits per heavy atom. The van der Waals surface area contributed by atoms with Crippen LogP contribution < -0.4 is 5.32 Å². The second-order valence-electron chi connectivity index (χ2n) is 8.88. The Morgan fingerprint density at radius 2 is 1.93 bits per heavy atom. The summed E-state index contributed by atoms with van der Waals surface area (Å²) in [6.07, 6.45) is 5.79. The molecule has 1 heterocycles. The Kier molecular flexibility index (Phi) is 7.92. The van der Waals surface area contributed by atoms with Crippen LogP contribution in [0.4, 0.5) is 4.79 Å². The van der Waals surface area contributed by atoms with E-state index in [1.54, 1.807) is 0 Å². The van der Waals surface area contributed by atoms with E-state index in [2.05, 4.69) is 5.32 Å². The molecule has 2 N–H and O–H groups in total. The van der Waals surface area contributed by atoms with Gasteiger partial charge in [-0.3, -0.25) is 0 Å². The molecule has 0 aromatic heterocycles. The van der Waals surface area contributed by atoms with E-state index in [1.165, 1.54) is 19.3 Å². The van der Waals surface area contributed by atoms with E-state index < -0.39 is 17.8 Å². The van der Waals surface area contributed by atoms with Crippen LogP contribution in [-0.2, 0) is 20.8 Å². The molecule has 2 unspecified atom stereocenters. The van der Waals surface area contributed by atoms with E-state index in [4.69, 9.17) is 14.2 Å². The summed E-state index contributed by atoms with van der Waals surface area (Å²) in [6.45, 7) is 4.39. The highest BCUT2D eigenvalue weighted by molar-refractivity contribution is 5.67. The Hall–Kier alpha value is -1.63. The molecule has 1 aliphatic heterocycles. The second-order valence-corrected chi connectivity index (χ2v) is 8.88. The molecule has 1 amide bonds. The van der Waals surface area contributed by atoms with E-state index >= 15 is 0 Å². The van der Waals surface area contributed by atoms with Gasteiger partial charge in [-0.05, 0) is 31.7 Å². The standard InChI is InChI=1S/C23H35NO5/c1-23(2)21(28-16-29-23)14-20(25)19(13-17-9-5-3-6-10-17)24-22(26)27-15-18-11-7-4-8-12-18/h4,7-8,11-12,17,19-21,25H,3,5-6,9-10,13-16H2,1-2H3,(H,24,26)/t19?,20?,21-/m1/s1. The average Bonchev–Trinajstić information content (AvgIpc) is 3.05. The number of aliphatic hydroxyl groups excluding tert-OH is 1. The van der Waals surface area contributed by atoms with Crippen molar-refractivity contribution in [2.75, 3.05) is 6.79 Å². The van der Waals surface area contributed by atoms with Crippen molar-refractivity contribution in [1.82, 2.24) is 5.32 Å². The van der Waals surface area contributed by atoms with Crippen molar-refractivity contribution in [2.45, 2.75) is 89.3 Å². The van der Waals surface area contributed by atoms with Gasteiger partial charge in [-0.2, -0.15) is 0 Å². The van der Waals surface area contributed by atoms with Crippen LogP contribution in [0.5, 0.6) is 0 Å². The van der Waals surface area contributed by atoms with Gasteiger partial charge in [0.1, 0.15) is 13.4 Å². The first-order valence-electron chi connectivity index (χ1n) is 10.8. The maximum absolute atomic E-state index is 12.4. The molecule has 0 spiro atoms. The number of aliphatic hydroxyl groups is 1. The zero-order valence-corrected chi connectivity index (χ0v) is 17.6. The maximum Gasteiger partial charge on any atom is 0.407 e. The van der Waals surface area contributed by atoms with E-state index in [-0.39, 0.29) is 25.5 Å². The minimum absolute atomic E-state index is 0.200. The van der Waals surface area contributed by atoms with Crippen molar-refractivity contribution in [1.29, 1.82) is 0 Å². The van der Waals surface area contributed by atoms with Crippen LogP contribution in [-0.4, -0.2) is 41.8 Å². The fraction of sp³-hybridized carbons (Fsp3) is 0.696. The van der Waals surface area contributed by atoms with E-state index in [0.717, 1.165) is 24.8 Å². The van der Waals surface area contributed by atoms with E-state index in [1.807, 2.05) is 44.2 Å². The summed E-state index contributed by atoms with van der Waals surface area (Å²) in [4.78, 5) is 12.4. The highest BCUT2D eigenvalue weighted by atomic mass is 16.7. The lowest BCUT2D eigenvalue weighted by Gasteiger charge is -2.32. The normalized spacial score (nSPS) is 24.0. The van der Waals surface area contributed by atoms with Crippen molar-refractivity contribution in [3.63, 3.8) is 0 Å². The number of carbonyl (C=O) groups excluding carboxylic acids is 1. The first-order chi connectivity index (χ1) is 13.9. The fourth-order valence-corrected chi connectivity index (χ4v) is 4.31. The molecule has 1 aromatic rings. The number of nitrogens with one attached hydrogen (secondary N) is 1. The molecule has 6 nitrogen and oxygen atoms in total. The van der Waals surface area contributed by atoms with Gasteiger partial charge in [0, 0.05) is 6.42 Å². The first-order valence-corrected chi connectivity index (χ1v) is 10.8. The van der Waals surface area contributed by atoms with Crippen molar-refractivity contribution in [2.24, 2.45) is 5.92 Å². The van der Waals surface area contributed by atoms with Crippen molar-refractivity contribution < 1.29 is 24.1 Å². The predicted molar refractivity (Wildman–Crippen MR) is 110 cm³/mol. The maximum atomic E-state index is 12.4. The number of carbonyl (C=O) groups is 1. The molecule has 3 atom stereocenters. The third-order valence-corrected chi connectivity index (χ3v) is 6.22. The molecule has 162 valence electrons. The van der Waals surface area contributed by atoms with Gasteiger partial charge in [0.15, 0.2) is 0 Å². The van der Waals surface area contributed by atoms with Crippen LogP contribution in [0.3, 0.4) is 0 Å². The van der Waals surface area contributed by atoms with Gasteiger partial charge in [0.05, 0.1) is 23.9 Å². The summed E-state index contributed by atoms with van der Waals surface area (Å²) >= 11 is 0. The van der Waals surface area contributed by atoms with Crippen LogP contribution in [0.1, 0.15) is 64.4 Å². The van der Waals surface area contributed by atoms with Gasteiger partial charge in [-0.1, -0.05) is 62.4 Å². The zero-order chi connectivity index (χ0) is 20.7. The lowest BCUT2D eigenvalue weighted by Crippen LogP contribution is -2.48. The summed E-state index contributed by atoms with van der Waals surface area (Å²) in [6, 6.07) is 9.23. The van der Waals surface area contributed by atoms with Crippen LogP contribution in [0.25, 0.3) is 0 Å². The number of hydrogen-bond acceptors (Lipinski definition) is 5. The van der Waals surface area contributed by atoms with Crippen LogP contribution >= 0.6 is 0 Å². The lowest BCUT2D eigenvalue weighted by molar-refractivity contribution is 0.0111. The van der Waals surface area contributed by atoms with Gasteiger partial charge in [-0.15, -0.1) is 0 Å². The number of rotatable bonds is 8. The van der Waals surface area contributed by atoms with Gasteiger partial charge >= 0.3 is 6.09 Å². The molecular weight excluding hydrogens is 370 g/mol. The van der Waals surface area contributed by atoms with Gasteiger partial charge in [0.2, 0.25) is 0 Å². The summed E-state index contributed by atoms with van der Waals surface area (Å²) < 4.78 is 16.7. The number of alkyl carbamates (subject to hydrolysis) is 1. The number of hydrogen-bond donors (Lipinski definition) is 2. The predicted octanol–water partition coefficient (Wildman–Crippen LogP) is 4.15. The molecule has 0 radical (unpaired) electrons. The van der Waals surface area contributed by atoms with Crippen molar-refractivity contribution in [3.8, 4) is 0 Å². The molecule has 1 saturated carbocycles. The first kappa shape index (κ1) is 22.1. The highest BCUT2D eigenvalue weighted by Gasteiger charge is 2.40. The van der Waals surface area contributed by atoms with Gasteiger partial charge < -0.3 is 24.6 Å². The van der Waals surface area contributed by atoms with Crippen LogP contribution in [0, 0.1) is 5.92 Å². The van der Waals surface area contributed by atoms with Gasteiger partial charge in [0.25, 0.3) is 0 Å². The Balaban J connectivity index is 1.57. The minimum atomic E-state index is -0.716. The molecule has 1 aromatic carbocycles. The van der Waals surface area contributed by atoms with Gasteiger partial charge in [-0.25, -0.2) is 4.79 Å². The van der Waals surface area contributed by atoms with Crippen molar-refractivity contribution in [3.05, 3.63) is 35.9 Å². The molecule has 1 saturated heterocycles. The smallest absolute Gasteiger partial charge is 0.407 e. The molecule has 29 heavy (non-hydrogen) atoms. The molecule has 2 fully saturated rings. The van der Waals surface area contributed by atoms with E-state index in [0.29, 0.717) is 12.3 Å². The molecular formula is C23H35NO5. The third-order valence-electron chi connectivity index (χ3n) is 6.22. The SMILES string of the molecule is CC1(C)OCO[C@@H]1CC(O)C(CC1CCCCC1)NC(=O)OCc1ccccc1. The van der Waals surface area contributed by atoms with E-state index in [9.17, 15) is 9.90 Å². The summed E-state index contributed by atoms with van der Waals surface area (Å²) in [5.74, 6) is 0.520. The molecule has 1 aliphatic carbocycles. The topological polar surface area (TPSA) is 77.0 Å². The molecule has 3 rings (SSSR count). The molecule has 0 bridgehead atoms. The molecule has 6 heteroatoms. The highest BCUT2D eigenvalue weighted by Crippen LogP contribution is 2.31. The largest absolute Gasteiger partial charge is 0.445 e. The summed E-state index contributed by atoms with van der Waals surface area (Å²) in [5, 5.41) is 13.9. The number of ether oxygens (including phenoxy) is 3. The Labute approximate surface area is 173 Å².